The van der Waals surface area contributed by atoms with Gasteiger partial charge < -0.3 is 0 Å². The number of rotatable bonds is 0. The van der Waals surface area contributed by atoms with Crippen molar-refractivity contribution < 1.29 is 28.9 Å². The van der Waals surface area contributed by atoms with E-state index >= 15 is 0 Å². The van der Waals surface area contributed by atoms with Crippen molar-refractivity contribution in [2.75, 3.05) is 0 Å². The third kappa shape index (κ3) is 1110. The molecule has 0 aromatic carbocycles. The van der Waals surface area contributed by atoms with Crippen LogP contribution in [0.1, 0.15) is 0 Å². The summed E-state index contributed by atoms with van der Waals surface area (Å²) in [6.07, 6.45) is 0. The lowest BCUT2D eigenvalue weighted by molar-refractivity contribution is -2.00. The lowest BCUT2D eigenvalue weighted by atomic mass is 17.8. The maximum atomic E-state index is 8.49. The van der Waals surface area contributed by atoms with Gasteiger partial charge in [-0.05, 0) is 0 Å². The first-order chi connectivity index (χ1) is 2.00. The second-order valence-corrected chi connectivity index (χ2v) is 1.13. The van der Waals surface area contributed by atoms with Gasteiger partial charge in [-0.25, -0.2) is 18.6 Å². The Bertz CT molecular complexity index is 19.1. The minimum Gasteiger partial charge on any atom is -0.222 e. The predicted molar refractivity (Wildman–Crippen MR) is 0 cm³/mol. The maximum Gasteiger partial charge on any atom is -0.112 e. The Kier molecular flexibility index (Phi) is 1.10. The summed E-state index contributed by atoms with van der Waals surface area (Å²) in [5.74, 6) is 0. The molecule has 0 unspecified atom stereocenters. The van der Waals surface area contributed by atoms with Crippen molar-refractivity contribution in [1.82, 2.24) is 0 Å². The first-order valence-electron chi connectivity index (χ1n) is 0.617. The third-order valence-corrected chi connectivity index (χ3v) is 0. The Morgan fingerprint density at radius 2 is 0.800 bits per heavy atom. The summed E-state index contributed by atoms with van der Waals surface area (Å²) < 4.78 is 34.0. The summed E-state index contributed by atoms with van der Waals surface area (Å²) in [7, 11) is -4.94. The highest BCUT2D eigenvalue weighted by atomic mass is 35.7. The summed E-state index contributed by atoms with van der Waals surface area (Å²) in [6, 6.07) is 0. The van der Waals surface area contributed by atoms with E-state index in [1.54, 1.807) is 0 Å². The Balaban J connectivity index is 3.02. The SMILES string of the molecule is [18O-][Cl+3]([18O-])([18O-])[18O-]. The van der Waals surface area contributed by atoms with E-state index in [4.69, 9.17) is 18.6 Å². The molecule has 0 rings (SSSR count). The first-order valence-corrected chi connectivity index (χ1v) is 1.85. The van der Waals surface area contributed by atoms with Crippen molar-refractivity contribution >= 4 is 0 Å². The van der Waals surface area contributed by atoms with E-state index in [0.29, 0.717) is 0 Å². The molecule has 0 aromatic heterocycles. The molecule has 0 bridgehead atoms. The lowest BCUT2D eigenvalue weighted by Gasteiger charge is -2.17. The summed E-state index contributed by atoms with van der Waals surface area (Å²) >= 11 is 0. The van der Waals surface area contributed by atoms with Gasteiger partial charge >= 0.3 is 0 Å². The van der Waals surface area contributed by atoms with Crippen LogP contribution in [-0.4, -0.2) is 0 Å². The molecule has 4 nitrogen and oxygen atoms in total. The van der Waals surface area contributed by atoms with Gasteiger partial charge in [0.25, 0.3) is 0 Å². The molecule has 0 amide bonds. The van der Waals surface area contributed by atoms with Crippen molar-refractivity contribution in [1.29, 1.82) is 0 Å². The van der Waals surface area contributed by atoms with Crippen LogP contribution in [0.15, 0.2) is 0 Å². The van der Waals surface area contributed by atoms with Crippen molar-refractivity contribution in [3.63, 3.8) is 0 Å². The van der Waals surface area contributed by atoms with E-state index in [1.165, 1.54) is 0 Å². The normalized spacial score (nSPS) is 12.0. The molecule has 0 saturated heterocycles. The second-order valence-electron chi connectivity index (χ2n) is 0.378. The average Bonchev–Trinajstić information content (AvgIpc) is 0.722. The summed E-state index contributed by atoms with van der Waals surface area (Å²) in [4.78, 5) is 0. The summed E-state index contributed by atoms with van der Waals surface area (Å²) in [5.41, 5.74) is 0. The Morgan fingerprint density at radius 1 is 0.800 bits per heavy atom. The van der Waals surface area contributed by atoms with E-state index in [-0.39, 0.29) is 0 Å². The molecule has 0 radical (unpaired) electrons. The fourth-order valence-electron chi connectivity index (χ4n) is 0. The minimum absolute atomic E-state index is 4.94. The molecule has 0 spiro atoms. The van der Waals surface area contributed by atoms with Gasteiger partial charge in [0.15, 0.2) is 0 Å². The van der Waals surface area contributed by atoms with Crippen LogP contribution in [0.5, 0.6) is 0 Å². The Hall–Kier alpha value is 0.130. The zero-order chi connectivity index (χ0) is 4.50. The van der Waals surface area contributed by atoms with Gasteiger partial charge in [0.1, 0.15) is 0 Å². The van der Waals surface area contributed by atoms with Crippen LogP contribution >= 0.6 is 0 Å². The van der Waals surface area contributed by atoms with Crippen LogP contribution in [-0.2, 0) is 0 Å². The van der Waals surface area contributed by atoms with E-state index < -0.39 is 10.2 Å². The van der Waals surface area contributed by atoms with Gasteiger partial charge in [0.2, 0.25) is 0 Å². The molecule has 5 heteroatoms. The van der Waals surface area contributed by atoms with Crippen molar-refractivity contribution in [3.05, 3.63) is 0 Å². The summed E-state index contributed by atoms with van der Waals surface area (Å²) in [6.45, 7) is 0. The van der Waals surface area contributed by atoms with E-state index in [0.717, 1.165) is 0 Å². The lowest BCUT2D eigenvalue weighted by Crippen LogP contribution is -2.68. The number of hydrogen-bond acceptors (Lipinski definition) is 4. The topological polar surface area (TPSA) is 92.2 Å². The quantitative estimate of drug-likeness (QED) is 0.291. The van der Waals surface area contributed by atoms with Crippen LogP contribution in [0.2, 0.25) is 0 Å². The number of hydrogen-bond donors (Lipinski definition) is 0. The third-order valence-electron chi connectivity index (χ3n) is 0. The highest BCUT2D eigenvalue weighted by molar-refractivity contribution is 2.00. The molecular weight excluding hydrogens is 107 g/mol. The molecule has 0 aliphatic rings. The fraction of sp³-hybridized carbons (Fsp3) is 0. The van der Waals surface area contributed by atoms with Crippen LogP contribution in [0, 0.1) is 10.2 Å². The maximum absolute atomic E-state index is 8.49. The predicted octanol–water partition coefficient (Wildman–Crippen LogP) is -4.76. The highest BCUT2D eigenvalue weighted by Crippen LogP contribution is 1.49. The molecule has 0 aliphatic carbocycles. The van der Waals surface area contributed by atoms with Crippen LogP contribution in [0.3, 0.4) is 0 Å². The number of halogens is 1. The Labute approximate surface area is 30.0 Å². The molecule has 0 fully saturated rings. The molecule has 5 heavy (non-hydrogen) atoms. The molecule has 0 N–H and O–H groups in total. The van der Waals surface area contributed by atoms with E-state index in [9.17, 15) is 0 Å². The van der Waals surface area contributed by atoms with Crippen molar-refractivity contribution in [3.8, 4) is 0 Å². The largest absolute Gasteiger partial charge is 0.222 e. The van der Waals surface area contributed by atoms with Gasteiger partial charge in [0.05, 0.1) is 0 Å². The second kappa shape index (κ2) is 1.08. The smallest absolute Gasteiger partial charge is 0.112 e. The monoisotopic (exact) mass is 107 g/mol. The molecule has 0 saturated carbocycles. The summed E-state index contributed by atoms with van der Waals surface area (Å²) in [5, 5.41) is 0. The van der Waals surface area contributed by atoms with Crippen molar-refractivity contribution in [2.45, 2.75) is 0 Å². The molecular formula is ClO4-. The first kappa shape index (κ1) is 5.13. The zero-order valence-corrected chi connectivity index (χ0v) is 2.77. The Morgan fingerprint density at radius 3 is 0.800 bits per heavy atom. The van der Waals surface area contributed by atoms with Gasteiger partial charge in [-0.3, -0.25) is 0 Å². The minimum atomic E-state index is -4.94. The average molecular weight is 107 g/mol. The molecule has 32 valence electrons. The van der Waals surface area contributed by atoms with E-state index in [1.807, 2.05) is 0 Å². The molecule has 0 atom stereocenters. The van der Waals surface area contributed by atoms with Crippen molar-refractivity contribution in [2.24, 2.45) is 0 Å². The van der Waals surface area contributed by atoms with E-state index in [2.05, 4.69) is 0 Å². The van der Waals surface area contributed by atoms with Crippen LogP contribution in [0.25, 0.3) is 0 Å². The standard InChI is InChI=1S/ClHO4/c2-1(3,4)5/h(H,2,3,4,5)/p-1/i2+2,3+2,4+2,5+2. The molecule has 0 heterocycles. The van der Waals surface area contributed by atoms with Gasteiger partial charge in [-0.1, -0.05) is 0 Å². The van der Waals surface area contributed by atoms with Crippen LogP contribution < -0.4 is 18.6 Å². The molecule has 0 aromatic rings. The zero-order valence-electron chi connectivity index (χ0n) is 2.01. The highest BCUT2D eigenvalue weighted by Gasteiger charge is 1.84. The molecule has 0 aliphatic heterocycles. The fourth-order valence-corrected chi connectivity index (χ4v) is 0. The van der Waals surface area contributed by atoms with Gasteiger partial charge in [-0.15, -0.1) is 10.2 Å². The van der Waals surface area contributed by atoms with Gasteiger partial charge in [-0.2, -0.15) is 0 Å². The van der Waals surface area contributed by atoms with Crippen LogP contribution in [0.4, 0.5) is 0 Å². The van der Waals surface area contributed by atoms with Gasteiger partial charge in [0, 0.05) is 0 Å².